The number of imidazole rings is 1. The first-order chi connectivity index (χ1) is 11.2. The average molecular weight is 314 g/mol. The van der Waals surface area contributed by atoms with E-state index in [2.05, 4.69) is 58.3 Å². The van der Waals surface area contributed by atoms with Crippen LogP contribution < -0.4 is 5.32 Å². The number of H-pyrrole nitrogens is 1. The lowest BCUT2D eigenvalue weighted by Gasteiger charge is -2.35. The summed E-state index contributed by atoms with van der Waals surface area (Å²) in [6, 6.07) is 8.87. The molecule has 2 heterocycles. The predicted molar refractivity (Wildman–Crippen MR) is 90.9 cm³/mol. The molecular weight excluding hydrogens is 288 g/mol. The van der Waals surface area contributed by atoms with Crippen LogP contribution in [0.5, 0.6) is 0 Å². The van der Waals surface area contributed by atoms with Crippen molar-refractivity contribution in [3.63, 3.8) is 0 Å². The molecule has 0 unspecified atom stereocenters. The van der Waals surface area contributed by atoms with Gasteiger partial charge in [-0.3, -0.25) is 4.90 Å². The van der Waals surface area contributed by atoms with E-state index in [1.165, 1.54) is 11.1 Å². The number of nitrogens with one attached hydrogen (secondary N) is 2. The van der Waals surface area contributed by atoms with Crippen molar-refractivity contribution in [1.82, 2.24) is 20.2 Å². The van der Waals surface area contributed by atoms with Gasteiger partial charge in [-0.05, 0) is 25.0 Å². The molecule has 23 heavy (non-hydrogen) atoms. The van der Waals surface area contributed by atoms with Crippen molar-refractivity contribution in [3.05, 3.63) is 53.6 Å². The van der Waals surface area contributed by atoms with E-state index in [9.17, 15) is 0 Å². The summed E-state index contributed by atoms with van der Waals surface area (Å²) in [6.07, 6.45) is 4.27. The average Bonchev–Trinajstić information content (AvgIpc) is 3.01. The molecule has 2 atom stereocenters. The minimum atomic E-state index is 0.323. The van der Waals surface area contributed by atoms with Gasteiger partial charge >= 0.3 is 0 Å². The number of aromatic nitrogens is 2. The summed E-state index contributed by atoms with van der Waals surface area (Å²) < 4.78 is 5.79. The molecule has 0 saturated carbocycles. The summed E-state index contributed by atoms with van der Waals surface area (Å²) in [5.41, 5.74) is 2.66. The fourth-order valence-corrected chi connectivity index (χ4v) is 3.15. The smallest absolute Gasteiger partial charge is 0.120 e. The number of ether oxygens (including phenoxy) is 1. The Labute approximate surface area is 138 Å². The number of rotatable bonds is 6. The SMILES string of the molecule is C[C@@H]1CN(Cc2ccc(CNCc3ncc[nH]3)cc2)C[C@@H](C)O1. The molecule has 0 amide bonds. The monoisotopic (exact) mass is 314 g/mol. The van der Waals surface area contributed by atoms with Crippen LogP contribution in [0.15, 0.2) is 36.7 Å². The Balaban J connectivity index is 1.47. The van der Waals surface area contributed by atoms with Gasteiger partial charge in [0.2, 0.25) is 0 Å². The van der Waals surface area contributed by atoms with Gasteiger partial charge in [-0.1, -0.05) is 24.3 Å². The van der Waals surface area contributed by atoms with Gasteiger partial charge in [0.15, 0.2) is 0 Å². The molecule has 124 valence electrons. The molecule has 1 aromatic heterocycles. The summed E-state index contributed by atoms with van der Waals surface area (Å²) in [6.45, 7) is 8.93. The van der Waals surface area contributed by atoms with Crippen LogP contribution in [-0.4, -0.2) is 40.2 Å². The van der Waals surface area contributed by atoms with Crippen molar-refractivity contribution < 1.29 is 4.74 Å². The largest absolute Gasteiger partial charge is 0.373 e. The third-order valence-corrected chi connectivity index (χ3v) is 4.10. The number of hydrogen-bond donors (Lipinski definition) is 2. The molecule has 5 heteroatoms. The molecular formula is C18H26N4O. The van der Waals surface area contributed by atoms with E-state index in [4.69, 9.17) is 4.74 Å². The van der Waals surface area contributed by atoms with Crippen molar-refractivity contribution in [2.24, 2.45) is 0 Å². The molecule has 1 aromatic carbocycles. The minimum absolute atomic E-state index is 0.323. The summed E-state index contributed by atoms with van der Waals surface area (Å²) >= 11 is 0. The van der Waals surface area contributed by atoms with Gasteiger partial charge in [-0.2, -0.15) is 0 Å². The van der Waals surface area contributed by atoms with E-state index < -0.39 is 0 Å². The molecule has 0 radical (unpaired) electrons. The number of nitrogens with zero attached hydrogens (tertiary/aromatic N) is 2. The zero-order valence-corrected chi connectivity index (χ0v) is 14.0. The van der Waals surface area contributed by atoms with E-state index in [0.29, 0.717) is 12.2 Å². The molecule has 2 N–H and O–H groups in total. The number of aromatic amines is 1. The first-order valence-corrected chi connectivity index (χ1v) is 8.33. The summed E-state index contributed by atoms with van der Waals surface area (Å²) in [4.78, 5) is 9.78. The molecule has 1 aliphatic heterocycles. The lowest BCUT2D eigenvalue weighted by atomic mass is 10.1. The zero-order valence-electron chi connectivity index (χ0n) is 14.0. The zero-order chi connectivity index (χ0) is 16.1. The Morgan fingerprint density at radius 3 is 2.48 bits per heavy atom. The fraction of sp³-hybridized carbons (Fsp3) is 0.500. The van der Waals surface area contributed by atoms with Gasteiger partial charge in [-0.15, -0.1) is 0 Å². The second-order valence-electron chi connectivity index (χ2n) is 6.41. The maximum Gasteiger partial charge on any atom is 0.120 e. The molecule has 0 bridgehead atoms. The predicted octanol–water partition coefficient (Wildman–Crippen LogP) is 2.31. The van der Waals surface area contributed by atoms with Crippen LogP contribution in [0.2, 0.25) is 0 Å². The molecule has 0 spiro atoms. The first kappa shape index (κ1) is 16.2. The van der Waals surface area contributed by atoms with E-state index in [1.54, 1.807) is 6.20 Å². The van der Waals surface area contributed by atoms with Crippen LogP contribution in [0, 0.1) is 0 Å². The highest BCUT2D eigenvalue weighted by atomic mass is 16.5. The maximum atomic E-state index is 5.79. The number of hydrogen-bond acceptors (Lipinski definition) is 4. The Bertz CT molecular complexity index is 572. The molecule has 2 aromatic rings. The summed E-state index contributed by atoms with van der Waals surface area (Å²) in [5, 5.41) is 3.40. The van der Waals surface area contributed by atoms with Crippen LogP contribution in [0.3, 0.4) is 0 Å². The quantitative estimate of drug-likeness (QED) is 0.859. The van der Waals surface area contributed by atoms with Gasteiger partial charge in [0.1, 0.15) is 5.82 Å². The van der Waals surface area contributed by atoms with Crippen molar-refractivity contribution in [2.75, 3.05) is 13.1 Å². The second kappa shape index (κ2) is 7.73. The second-order valence-corrected chi connectivity index (χ2v) is 6.41. The van der Waals surface area contributed by atoms with Crippen LogP contribution in [-0.2, 0) is 24.4 Å². The molecule has 0 aliphatic carbocycles. The highest BCUT2D eigenvalue weighted by Gasteiger charge is 2.21. The van der Waals surface area contributed by atoms with Gasteiger partial charge < -0.3 is 15.0 Å². The highest BCUT2D eigenvalue weighted by molar-refractivity contribution is 5.22. The van der Waals surface area contributed by atoms with Gasteiger partial charge in [-0.25, -0.2) is 4.98 Å². The standard InChI is InChI=1S/C18H26N4O/c1-14-11-22(12-15(2)23-14)13-17-5-3-16(4-6-17)9-19-10-18-20-7-8-21-18/h3-8,14-15,19H,9-13H2,1-2H3,(H,20,21)/t14-,15-/m1/s1. The third-order valence-electron chi connectivity index (χ3n) is 4.10. The normalized spacial score (nSPS) is 22.3. The summed E-state index contributed by atoms with van der Waals surface area (Å²) in [7, 11) is 0. The lowest BCUT2D eigenvalue weighted by molar-refractivity contribution is -0.0704. The van der Waals surface area contributed by atoms with Crippen molar-refractivity contribution in [1.29, 1.82) is 0 Å². The number of benzene rings is 1. The Morgan fingerprint density at radius 1 is 1.13 bits per heavy atom. The van der Waals surface area contributed by atoms with E-state index >= 15 is 0 Å². The van der Waals surface area contributed by atoms with Crippen LogP contribution in [0.1, 0.15) is 30.8 Å². The van der Waals surface area contributed by atoms with Crippen LogP contribution in [0.25, 0.3) is 0 Å². The van der Waals surface area contributed by atoms with Crippen molar-refractivity contribution in [3.8, 4) is 0 Å². The molecule has 1 saturated heterocycles. The van der Waals surface area contributed by atoms with E-state index in [1.807, 2.05) is 6.20 Å². The number of morpholine rings is 1. The van der Waals surface area contributed by atoms with E-state index in [0.717, 1.165) is 38.5 Å². The molecule has 1 aliphatic rings. The maximum absolute atomic E-state index is 5.79. The minimum Gasteiger partial charge on any atom is -0.373 e. The topological polar surface area (TPSA) is 53.2 Å². The van der Waals surface area contributed by atoms with E-state index in [-0.39, 0.29) is 0 Å². The Hall–Kier alpha value is -1.69. The van der Waals surface area contributed by atoms with Crippen LogP contribution in [0.4, 0.5) is 0 Å². The molecule has 3 rings (SSSR count). The van der Waals surface area contributed by atoms with Gasteiger partial charge in [0.05, 0.1) is 18.8 Å². The Kier molecular flexibility index (Phi) is 5.43. The van der Waals surface area contributed by atoms with Crippen molar-refractivity contribution >= 4 is 0 Å². The highest BCUT2D eigenvalue weighted by Crippen LogP contribution is 2.14. The van der Waals surface area contributed by atoms with Crippen LogP contribution >= 0.6 is 0 Å². The fourth-order valence-electron chi connectivity index (χ4n) is 3.15. The van der Waals surface area contributed by atoms with Gasteiger partial charge in [0.25, 0.3) is 0 Å². The third kappa shape index (κ3) is 4.89. The molecule has 5 nitrogen and oxygen atoms in total. The first-order valence-electron chi connectivity index (χ1n) is 8.33. The van der Waals surface area contributed by atoms with Crippen molar-refractivity contribution in [2.45, 2.75) is 45.7 Å². The Morgan fingerprint density at radius 2 is 1.83 bits per heavy atom. The molecule has 1 fully saturated rings. The van der Waals surface area contributed by atoms with Gasteiger partial charge in [0, 0.05) is 38.6 Å². The summed E-state index contributed by atoms with van der Waals surface area (Å²) in [5.74, 6) is 0.970. The lowest BCUT2D eigenvalue weighted by Crippen LogP contribution is -2.44.